The second kappa shape index (κ2) is 6.97. The molecule has 0 spiro atoms. The van der Waals surface area contributed by atoms with E-state index in [9.17, 15) is 0 Å². The Morgan fingerprint density at radius 3 is 1.90 bits per heavy atom. The summed E-state index contributed by atoms with van der Waals surface area (Å²) in [5, 5.41) is 0. The van der Waals surface area contributed by atoms with Crippen LogP contribution in [0.5, 0.6) is 0 Å². The molecule has 2 saturated heterocycles. The molecule has 0 radical (unpaired) electrons. The van der Waals surface area contributed by atoms with E-state index in [4.69, 9.17) is 0 Å². The Bertz CT molecular complexity index is 316. The van der Waals surface area contributed by atoms with E-state index in [2.05, 4.69) is 56.2 Å². The summed E-state index contributed by atoms with van der Waals surface area (Å²) in [5.41, 5.74) is 0.331. The van der Waals surface area contributed by atoms with Gasteiger partial charge in [0, 0.05) is 43.8 Å². The fraction of sp³-hybridized carbons (Fsp3) is 1.00. The standard InChI is InChI=1S/C18H37N3/c1-15(2)19-9-7-17(8-10-19)13-21-12-11-20(16(3)4)14-18(21,5)6/h15-17H,7-14H2,1-6H3. The van der Waals surface area contributed by atoms with Crippen LogP contribution in [0.3, 0.4) is 0 Å². The van der Waals surface area contributed by atoms with Gasteiger partial charge in [0.25, 0.3) is 0 Å². The van der Waals surface area contributed by atoms with Crippen LogP contribution in [0, 0.1) is 5.92 Å². The van der Waals surface area contributed by atoms with Crippen molar-refractivity contribution in [2.75, 3.05) is 39.3 Å². The fourth-order valence-electron chi connectivity index (χ4n) is 3.97. The number of hydrogen-bond donors (Lipinski definition) is 0. The monoisotopic (exact) mass is 295 g/mol. The third kappa shape index (κ3) is 4.43. The molecule has 0 atom stereocenters. The maximum absolute atomic E-state index is 2.77. The van der Waals surface area contributed by atoms with Gasteiger partial charge in [-0.25, -0.2) is 0 Å². The molecule has 0 aromatic rings. The molecule has 3 nitrogen and oxygen atoms in total. The number of hydrogen-bond acceptors (Lipinski definition) is 3. The second-order valence-corrected chi connectivity index (χ2v) is 8.40. The predicted octanol–water partition coefficient (Wildman–Crippen LogP) is 2.91. The van der Waals surface area contributed by atoms with Crippen LogP contribution < -0.4 is 0 Å². The van der Waals surface area contributed by atoms with Crippen LogP contribution >= 0.6 is 0 Å². The first-order chi connectivity index (χ1) is 9.79. The number of piperidine rings is 1. The minimum absolute atomic E-state index is 0.331. The maximum atomic E-state index is 2.77. The summed E-state index contributed by atoms with van der Waals surface area (Å²) in [4.78, 5) is 8.04. The van der Waals surface area contributed by atoms with Crippen molar-refractivity contribution >= 4 is 0 Å². The molecule has 0 N–H and O–H groups in total. The average Bonchev–Trinajstić information content (AvgIpc) is 2.41. The SMILES string of the molecule is CC(C)N1CCC(CN2CCN(C(C)C)CC2(C)C)CC1. The molecule has 0 aliphatic carbocycles. The van der Waals surface area contributed by atoms with Crippen LogP contribution in [0.15, 0.2) is 0 Å². The van der Waals surface area contributed by atoms with Gasteiger partial charge in [-0.15, -0.1) is 0 Å². The van der Waals surface area contributed by atoms with Crippen LogP contribution in [-0.2, 0) is 0 Å². The molecule has 0 aromatic carbocycles. The van der Waals surface area contributed by atoms with Crippen molar-refractivity contribution in [3.8, 4) is 0 Å². The van der Waals surface area contributed by atoms with Crippen LogP contribution in [0.4, 0.5) is 0 Å². The van der Waals surface area contributed by atoms with Gasteiger partial charge >= 0.3 is 0 Å². The van der Waals surface area contributed by atoms with Gasteiger partial charge in [0.05, 0.1) is 0 Å². The highest BCUT2D eigenvalue weighted by Crippen LogP contribution is 2.27. The highest BCUT2D eigenvalue weighted by atomic mass is 15.3. The van der Waals surface area contributed by atoms with E-state index in [1.165, 1.54) is 52.1 Å². The lowest BCUT2D eigenvalue weighted by Crippen LogP contribution is -2.61. The Hall–Kier alpha value is -0.120. The zero-order valence-corrected chi connectivity index (χ0v) is 15.2. The highest BCUT2D eigenvalue weighted by molar-refractivity contribution is 4.92. The Morgan fingerprint density at radius 2 is 1.43 bits per heavy atom. The largest absolute Gasteiger partial charge is 0.301 e. The minimum Gasteiger partial charge on any atom is -0.301 e. The fourth-order valence-corrected chi connectivity index (χ4v) is 3.97. The molecule has 0 saturated carbocycles. The quantitative estimate of drug-likeness (QED) is 0.789. The number of likely N-dealkylation sites (tertiary alicyclic amines) is 1. The third-order valence-electron chi connectivity index (χ3n) is 5.69. The van der Waals surface area contributed by atoms with Crippen molar-refractivity contribution in [3.05, 3.63) is 0 Å². The summed E-state index contributed by atoms with van der Waals surface area (Å²) in [6, 6.07) is 1.40. The van der Waals surface area contributed by atoms with Gasteiger partial charge in [-0.1, -0.05) is 0 Å². The summed E-state index contributed by atoms with van der Waals surface area (Å²) in [6.45, 7) is 21.8. The smallest absolute Gasteiger partial charge is 0.0280 e. The van der Waals surface area contributed by atoms with Gasteiger partial charge in [0.1, 0.15) is 0 Å². The van der Waals surface area contributed by atoms with Crippen LogP contribution in [0.2, 0.25) is 0 Å². The second-order valence-electron chi connectivity index (χ2n) is 8.40. The van der Waals surface area contributed by atoms with Gasteiger partial charge in [-0.05, 0) is 73.4 Å². The topological polar surface area (TPSA) is 9.72 Å². The molecule has 2 fully saturated rings. The molecule has 2 aliphatic rings. The molecule has 0 bridgehead atoms. The predicted molar refractivity (Wildman–Crippen MR) is 91.8 cm³/mol. The minimum atomic E-state index is 0.331. The van der Waals surface area contributed by atoms with E-state index < -0.39 is 0 Å². The average molecular weight is 296 g/mol. The van der Waals surface area contributed by atoms with E-state index >= 15 is 0 Å². The number of nitrogens with zero attached hydrogens (tertiary/aromatic N) is 3. The summed E-state index contributed by atoms with van der Waals surface area (Å²) >= 11 is 0. The van der Waals surface area contributed by atoms with Gasteiger partial charge in [-0.2, -0.15) is 0 Å². The zero-order chi connectivity index (χ0) is 15.6. The number of piperazine rings is 1. The lowest BCUT2D eigenvalue weighted by atomic mass is 9.91. The van der Waals surface area contributed by atoms with Crippen LogP contribution in [0.1, 0.15) is 54.4 Å². The molecule has 0 aromatic heterocycles. The molecule has 2 heterocycles. The Kier molecular flexibility index (Phi) is 5.72. The Balaban J connectivity index is 1.84. The third-order valence-corrected chi connectivity index (χ3v) is 5.69. The van der Waals surface area contributed by atoms with E-state index in [1.54, 1.807) is 0 Å². The molecule has 3 heteroatoms. The Labute approximate surface area is 132 Å². The summed E-state index contributed by atoms with van der Waals surface area (Å²) < 4.78 is 0. The molecule has 2 rings (SSSR count). The molecular weight excluding hydrogens is 258 g/mol. The molecular formula is C18H37N3. The van der Waals surface area contributed by atoms with Gasteiger partial charge in [0.15, 0.2) is 0 Å². The maximum Gasteiger partial charge on any atom is 0.0280 e. The molecule has 21 heavy (non-hydrogen) atoms. The van der Waals surface area contributed by atoms with Crippen molar-refractivity contribution in [2.24, 2.45) is 5.92 Å². The molecule has 0 amide bonds. The van der Waals surface area contributed by atoms with Gasteiger partial charge < -0.3 is 4.90 Å². The number of rotatable bonds is 4. The summed E-state index contributed by atoms with van der Waals surface area (Å²) in [6.07, 6.45) is 2.78. The van der Waals surface area contributed by atoms with E-state index in [-0.39, 0.29) is 0 Å². The van der Waals surface area contributed by atoms with Crippen molar-refractivity contribution in [1.29, 1.82) is 0 Å². The van der Waals surface area contributed by atoms with E-state index in [0.717, 1.165) is 12.0 Å². The summed E-state index contributed by atoms with van der Waals surface area (Å²) in [7, 11) is 0. The van der Waals surface area contributed by atoms with Crippen LogP contribution in [0.25, 0.3) is 0 Å². The van der Waals surface area contributed by atoms with Crippen LogP contribution in [-0.4, -0.2) is 71.6 Å². The first kappa shape index (κ1) is 17.2. The normalized spacial score (nSPS) is 26.9. The molecule has 2 aliphatic heterocycles. The highest BCUT2D eigenvalue weighted by Gasteiger charge is 2.36. The van der Waals surface area contributed by atoms with Gasteiger partial charge in [-0.3, -0.25) is 9.80 Å². The molecule has 0 unspecified atom stereocenters. The first-order valence-electron chi connectivity index (χ1n) is 9.03. The lowest BCUT2D eigenvalue weighted by molar-refractivity contribution is -0.0103. The van der Waals surface area contributed by atoms with Crippen molar-refractivity contribution in [1.82, 2.24) is 14.7 Å². The summed E-state index contributed by atoms with van der Waals surface area (Å²) in [5.74, 6) is 0.907. The van der Waals surface area contributed by atoms with Gasteiger partial charge in [0.2, 0.25) is 0 Å². The van der Waals surface area contributed by atoms with Crippen molar-refractivity contribution in [2.45, 2.75) is 72.0 Å². The first-order valence-corrected chi connectivity index (χ1v) is 9.03. The zero-order valence-electron chi connectivity index (χ0n) is 15.2. The Morgan fingerprint density at radius 1 is 0.857 bits per heavy atom. The van der Waals surface area contributed by atoms with Crippen molar-refractivity contribution < 1.29 is 0 Å². The van der Waals surface area contributed by atoms with E-state index in [1.807, 2.05) is 0 Å². The lowest BCUT2D eigenvalue weighted by Gasteiger charge is -2.50. The van der Waals surface area contributed by atoms with Crippen molar-refractivity contribution in [3.63, 3.8) is 0 Å². The molecule has 124 valence electrons. The van der Waals surface area contributed by atoms with E-state index in [0.29, 0.717) is 11.6 Å².